The maximum Gasteiger partial charge on any atom is 0.472 e. The van der Waals surface area contributed by atoms with Crippen LogP contribution >= 0.6 is 7.82 Å². The second kappa shape index (κ2) is 40.2. The summed E-state index contributed by atoms with van der Waals surface area (Å²) in [5.74, 6) is -0.611. The molecule has 13 nitrogen and oxygen atoms in total. The predicted molar refractivity (Wildman–Crippen MR) is 261 cm³/mol. The lowest BCUT2D eigenvalue weighted by Gasteiger charge is -2.41. The fraction of sp³-hybridized carbons (Fsp3) is 0.824. The van der Waals surface area contributed by atoms with E-state index in [-0.39, 0.29) is 6.42 Å². The Hall–Kier alpha value is -1.74. The number of allylic oxidation sites excluding steroid dienone is 7. The van der Waals surface area contributed by atoms with E-state index in [4.69, 9.17) is 9.05 Å². The van der Waals surface area contributed by atoms with Crippen LogP contribution in [0.3, 0.4) is 0 Å². The van der Waals surface area contributed by atoms with Crippen molar-refractivity contribution in [1.29, 1.82) is 0 Å². The zero-order chi connectivity index (χ0) is 48.0. The Labute approximate surface area is 393 Å². The van der Waals surface area contributed by atoms with E-state index in [2.05, 4.69) is 55.6 Å². The number of carbonyl (C=O) groups is 1. The number of nitrogens with one attached hydrogen (secondary N) is 1. The summed E-state index contributed by atoms with van der Waals surface area (Å²) in [5, 5.41) is 74.6. The molecule has 1 aliphatic carbocycles. The molecule has 1 rings (SSSR count). The third-order valence-electron chi connectivity index (χ3n) is 12.1. The molecule has 0 saturated heterocycles. The molecule has 0 aliphatic heterocycles. The van der Waals surface area contributed by atoms with E-state index >= 15 is 0 Å². The minimum atomic E-state index is -5.16. The van der Waals surface area contributed by atoms with Gasteiger partial charge in [0.25, 0.3) is 0 Å². The molecule has 1 aliphatic rings. The Kier molecular flexibility index (Phi) is 37.9. The largest absolute Gasteiger partial charge is 0.472 e. The van der Waals surface area contributed by atoms with Crippen LogP contribution in [0.4, 0.5) is 0 Å². The number of unbranched alkanes of at least 4 members (excludes halogenated alkanes) is 23. The highest BCUT2D eigenvalue weighted by atomic mass is 31.2. The summed E-state index contributed by atoms with van der Waals surface area (Å²) in [7, 11) is -5.16. The van der Waals surface area contributed by atoms with Crippen molar-refractivity contribution in [3.63, 3.8) is 0 Å². The van der Waals surface area contributed by atoms with Crippen molar-refractivity contribution >= 4 is 13.7 Å². The summed E-state index contributed by atoms with van der Waals surface area (Å²) >= 11 is 0. The number of amides is 1. The maximum absolute atomic E-state index is 13.0. The molecule has 0 heterocycles. The van der Waals surface area contributed by atoms with Crippen LogP contribution in [0.25, 0.3) is 0 Å². The molecule has 380 valence electrons. The molecule has 9 N–H and O–H groups in total. The van der Waals surface area contributed by atoms with Gasteiger partial charge in [-0.05, 0) is 64.2 Å². The third-order valence-corrected chi connectivity index (χ3v) is 13.1. The number of aliphatic hydroxyl groups excluding tert-OH is 7. The van der Waals surface area contributed by atoms with Crippen molar-refractivity contribution in [3.05, 3.63) is 48.6 Å². The molecule has 0 aromatic carbocycles. The van der Waals surface area contributed by atoms with Crippen molar-refractivity contribution in [2.24, 2.45) is 0 Å². The summed E-state index contributed by atoms with van der Waals surface area (Å²) in [6.45, 7) is 3.73. The molecule has 0 radical (unpaired) electrons. The number of phosphoric acid groups is 1. The first-order valence-corrected chi connectivity index (χ1v) is 27.2. The molecule has 0 aromatic rings. The van der Waals surface area contributed by atoms with Crippen LogP contribution in [0.1, 0.15) is 206 Å². The average Bonchev–Trinajstić information content (AvgIpc) is 3.28. The van der Waals surface area contributed by atoms with Gasteiger partial charge in [0.05, 0.1) is 31.3 Å². The first kappa shape index (κ1) is 61.3. The van der Waals surface area contributed by atoms with Crippen molar-refractivity contribution < 1.29 is 59.0 Å². The van der Waals surface area contributed by atoms with Crippen LogP contribution in [0, 0.1) is 0 Å². The van der Waals surface area contributed by atoms with Gasteiger partial charge in [0.15, 0.2) is 0 Å². The van der Waals surface area contributed by atoms with Gasteiger partial charge in [-0.25, -0.2) is 4.57 Å². The molecule has 0 bridgehead atoms. The van der Waals surface area contributed by atoms with Gasteiger partial charge in [-0.2, -0.15) is 0 Å². The normalized spacial score (nSPS) is 22.9. The van der Waals surface area contributed by atoms with Gasteiger partial charge in [0, 0.05) is 0 Å². The van der Waals surface area contributed by atoms with E-state index in [1.807, 2.05) is 0 Å². The zero-order valence-corrected chi connectivity index (χ0v) is 41.3. The van der Waals surface area contributed by atoms with E-state index in [1.165, 1.54) is 109 Å². The fourth-order valence-electron chi connectivity index (χ4n) is 7.93. The first-order valence-electron chi connectivity index (χ1n) is 25.7. The summed E-state index contributed by atoms with van der Waals surface area (Å²) in [5.41, 5.74) is 0. The third kappa shape index (κ3) is 31.8. The molecule has 65 heavy (non-hydrogen) atoms. The number of carbonyl (C=O) groups excluding carboxylic acids is 1. The molecular formula is C51H94NO12P. The zero-order valence-electron chi connectivity index (χ0n) is 40.4. The van der Waals surface area contributed by atoms with Gasteiger partial charge in [0.2, 0.25) is 5.91 Å². The molecule has 0 aromatic heterocycles. The fourth-order valence-corrected chi connectivity index (χ4v) is 8.90. The van der Waals surface area contributed by atoms with Crippen LogP contribution in [0.15, 0.2) is 48.6 Å². The number of hydrogen-bond donors (Lipinski definition) is 9. The predicted octanol–water partition coefficient (Wildman–Crippen LogP) is 9.48. The minimum Gasteiger partial charge on any atom is -0.393 e. The standard InChI is InChI=1S/C51H94NO12P/c1-3-5-7-9-11-13-15-17-19-20-21-22-23-24-25-26-28-30-32-34-36-38-42(53)40-45(55)52-43(41-63-65(61,62)64-51-49(59)47(57)46(56)48(58)50(51)60)44(54)39-37-35-33-31-29-27-18-16-14-12-10-8-6-4-2/h21-22,24-25,29,31,37,39,42-44,46-51,53-54,56-60H,3-20,23,26-28,30,32-36,38,40-41H2,1-2H3,(H,52,55)(H,61,62)/b22-21-,25-24-,31-29+,39-37+. The second-order valence-electron chi connectivity index (χ2n) is 18.2. The summed E-state index contributed by atoms with van der Waals surface area (Å²) < 4.78 is 22.9. The Morgan fingerprint density at radius 1 is 0.554 bits per heavy atom. The van der Waals surface area contributed by atoms with E-state index < -0.39 is 75.2 Å². The van der Waals surface area contributed by atoms with Gasteiger partial charge in [0.1, 0.15) is 36.6 Å². The van der Waals surface area contributed by atoms with Gasteiger partial charge in [-0.3, -0.25) is 13.8 Å². The molecule has 1 fully saturated rings. The number of phosphoric ester groups is 1. The maximum atomic E-state index is 13.0. The minimum absolute atomic E-state index is 0.263. The van der Waals surface area contributed by atoms with Gasteiger partial charge in [-0.1, -0.05) is 184 Å². The highest BCUT2D eigenvalue weighted by Crippen LogP contribution is 2.47. The van der Waals surface area contributed by atoms with E-state index in [1.54, 1.807) is 6.08 Å². The summed E-state index contributed by atoms with van der Waals surface area (Å²) in [6, 6.07) is -1.26. The molecular weight excluding hydrogens is 850 g/mol. The lowest BCUT2D eigenvalue weighted by Crippen LogP contribution is -2.64. The molecule has 1 amide bonds. The summed E-state index contributed by atoms with van der Waals surface area (Å²) in [6.07, 6.45) is 34.9. The number of aliphatic hydroxyl groups is 7. The van der Waals surface area contributed by atoms with E-state index in [9.17, 15) is 50.0 Å². The lowest BCUT2D eigenvalue weighted by atomic mass is 9.85. The Morgan fingerprint density at radius 2 is 0.954 bits per heavy atom. The smallest absolute Gasteiger partial charge is 0.393 e. The Morgan fingerprint density at radius 3 is 1.45 bits per heavy atom. The quantitative estimate of drug-likeness (QED) is 0.0158. The van der Waals surface area contributed by atoms with Gasteiger partial charge in [-0.15, -0.1) is 0 Å². The highest BCUT2D eigenvalue weighted by Gasteiger charge is 2.51. The van der Waals surface area contributed by atoms with Gasteiger partial charge < -0.3 is 46.0 Å². The Balaban J connectivity index is 2.49. The van der Waals surface area contributed by atoms with Crippen LogP contribution in [-0.2, 0) is 18.4 Å². The van der Waals surface area contributed by atoms with E-state index in [0.29, 0.717) is 12.8 Å². The number of hydrogen-bond acceptors (Lipinski definition) is 11. The topological polar surface area (TPSA) is 226 Å². The second-order valence-corrected chi connectivity index (χ2v) is 19.6. The lowest BCUT2D eigenvalue weighted by molar-refractivity contribution is -0.220. The summed E-state index contributed by atoms with van der Waals surface area (Å²) in [4.78, 5) is 23.5. The molecule has 14 heteroatoms. The highest BCUT2D eigenvalue weighted by molar-refractivity contribution is 7.47. The van der Waals surface area contributed by atoms with Crippen molar-refractivity contribution in [2.75, 3.05) is 6.61 Å². The number of rotatable bonds is 42. The van der Waals surface area contributed by atoms with Crippen molar-refractivity contribution in [1.82, 2.24) is 5.32 Å². The average molecular weight is 944 g/mol. The van der Waals surface area contributed by atoms with Gasteiger partial charge >= 0.3 is 7.82 Å². The monoisotopic (exact) mass is 944 g/mol. The van der Waals surface area contributed by atoms with Crippen LogP contribution < -0.4 is 5.32 Å². The molecule has 8 atom stereocenters. The van der Waals surface area contributed by atoms with E-state index in [0.717, 1.165) is 70.6 Å². The molecule has 1 saturated carbocycles. The SMILES string of the molecule is CCCCCCCCCC/C=C/CC/C=C/C(O)C(COP(=O)(O)OC1C(O)C(O)C(O)C(O)C1O)NC(=O)CC(O)CCCCCCC/C=C\C/C=C\CCCCCCCCCCC. The van der Waals surface area contributed by atoms with Crippen molar-refractivity contribution in [3.8, 4) is 0 Å². The first-order chi connectivity index (χ1) is 31.3. The van der Waals surface area contributed by atoms with Crippen LogP contribution in [0.2, 0.25) is 0 Å². The molecule has 0 spiro atoms. The molecule has 8 unspecified atom stereocenters. The van der Waals surface area contributed by atoms with Crippen molar-refractivity contribution in [2.45, 2.75) is 261 Å². The van der Waals surface area contributed by atoms with Crippen LogP contribution in [-0.4, -0.2) is 108 Å². The Bertz CT molecular complexity index is 1300. The van der Waals surface area contributed by atoms with Crippen LogP contribution in [0.5, 0.6) is 0 Å².